The van der Waals surface area contributed by atoms with Crippen molar-refractivity contribution in [3.63, 3.8) is 0 Å². The molecule has 0 aliphatic heterocycles. The SMILES string of the molecule is CCn1c(-c2sc(N)nc2C)nc2cc(Cl)ccc21. The molecule has 0 radical (unpaired) electrons. The highest BCUT2D eigenvalue weighted by Crippen LogP contribution is 2.33. The molecule has 0 spiro atoms. The number of anilines is 1. The van der Waals surface area contributed by atoms with E-state index in [-0.39, 0.29) is 0 Å². The standard InChI is InChI=1S/C13H13ClN4S/c1-3-18-10-5-4-8(14)6-9(10)17-12(18)11-7(2)16-13(15)19-11/h4-6H,3H2,1-2H3,(H2,15,16). The van der Waals surface area contributed by atoms with Crippen LogP contribution in [0.15, 0.2) is 18.2 Å². The summed E-state index contributed by atoms with van der Waals surface area (Å²) in [5.41, 5.74) is 8.67. The van der Waals surface area contributed by atoms with Gasteiger partial charge in [-0.05, 0) is 32.0 Å². The molecule has 4 nitrogen and oxygen atoms in total. The molecule has 6 heteroatoms. The molecule has 19 heavy (non-hydrogen) atoms. The van der Waals surface area contributed by atoms with Crippen LogP contribution in [0.3, 0.4) is 0 Å². The molecule has 0 saturated carbocycles. The minimum Gasteiger partial charge on any atom is -0.375 e. The fraction of sp³-hybridized carbons (Fsp3) is 0.231. The van der Waals surface area contributed by atoms with E-state index in [0.717, 1.165) is 34.0 Å². The Balaban J connectivity index is 2.31. The van der Waals surface area contributed by atoms with Crippen molar-refractivity contribution in [3.8, 4) is 10.7 Å². The van der Waals surface area contributed by atoms with Crippen LogP contribution in [0.5, 0.6) is 0 Å². The summed E-state index contributed by atoms with van der Waals surface area (Å²) in [5.74, 6) is 0.909. The summed E-state index contributed by atoms with van der Waals surface area (Å²) in [6, 6.07) is 5.76. The number of fused-ring (bicyclic) bond motifs is 1. The second-order valence-electron chi connectivity index (χ2n) is 4.28. The zero-order chi connectivity index (χ0) is 13.6. The van der Waals surface area contributed by atoms with Crippen LogP contribution in [-0.4, -0.2) is 14.5 Å². The second-order valence-corrected chi connectivity index (χ2v) is 5.75. The molecule has 2 N–H and O–H groups in total. The first kappa shape index (κ1) is 12.4. The Morgan fingerprint density at radius 1 is 1.37 bits per heavy atom. The van der Waals surface area contributed by atoms with E-state index in [4.69, 9.17) is 17.3 Å². The Bertz CT molecular complexity index is 759. The number of imidazole rings is 1. The topological polar surface area (TPSA) is 56.7 Å². The number of halogens is 1. The second kappa shape index (κ2) is 4.51. The minimum absolute atomic E-state index is 0.570. The van der Waals surface area contributed by atoms with Crippen molar-refractivity contribution in [2.45, 2.75) is 20.4 Å². The van der Waals surface area contributed by atoms with Crippen LogP contribution in [-0.2, 0) is 6.54 Å². The Kier molecular flexibility index (Phi) is 2.95. The van der Waals surface area contributed by atoms with Crippen LogP contribution in [0, 0.1) is 6.92 Å². The molecule has 0 atom stereocenters. The lowest BCUT2D eigenvalue weighted by Gasteiger charge is -2.04. The van der Waals surface area contributed by atoms with Crippen LogP contribution in [0.25, 0.3) is 21.7 Å². The third-order valence-electron chi connectivity index (χ3n) is 3.04. The van der Waals surface area contributed by atoms with Crippen molar-refractivity contribution in [2.75, 3.05) is 5.73 Å². The first-order valence-electron chi connectivity index (χ1n) is 5.99. The van der Waals surface area contributed by atoms with E-state index in [1.807, 2.05) is 25.1 Å². The number of thiazole rings is 1. The van der Waals surface area contributed by atoms with Gasteiger partial charge in [0.1, 0.15) is 0 Å². The Hall–Kier alpha value is -1.59. The molecule has 0 aliphatic carbocycles. The van der Waals surface area contributed by atoms with Gasteiger partial charge in [0.2, 0.25) is 0 Å². The van der Waals surface area contributed by atoms with Crippen molar-refractivity contribution >= 4 is 39.1 Å². The molecule has 0 bridgehead atoms. The van der Waals surface area contributed by atoms with E-state index >= 15 is 0 Å². The predicted octanol–water partition coefficient (Wildman–Crippen LogP) is 3.72. The Morgan fingerprint density at radius 2 is 2.16 bits per heavy atom. The maximum Gasteiger partial charge on any atom is 0.180 e. The molecule has 0 unspecified atom stereocenters. The molecular weight excluding hydrogens is 280 g/mol. The highest BCUT2D eigenvalue weighted by Gasteiger charge is 2.16. The number of nitrogens with two attached hydrogens (primary N) is 1. The van der Waals surface area contributed by atoms with Crippen molar-refractivity contribution in [3.05, 3.63) is 28.9 Å². The van der Waals surface area contributed by atoms with Gasteiger partial charge in [0.15, 0.2) is 11.0 Å². The lowest BCUT2D eigenvalue weighted by Crippen LogP contribution is -1.97. The quantitative estimate of drug-likeness (QED) is 0.783. The van der Waals surface area contributed by atoms with Gasteiger partial charge in [-0.1, -0.05) is 22.9 Å². The summed E-state index contributed by atoms with van der Waals surface area (Å²) in [6.45, 7) is 4.89. The van der Waals surface area contributed by atoms with Gasteiger partial charge in [-0.15, -0.1) is 0 Å². The van der Waals surface area contributed by atoms with Gasteiger partial charge in [-0.2, -0.15) is 0 Å². The van der Waals surface area contributed by atoms with Gasteiger partial charge in [0.25, 0.3) is 0 Å². The van der Waals surface area contributed by atoms with Crippen molar-refractivity contribution in [1.82, 2.24) is 14.5 Å². The maximum absolute atomic E-state index is 6.03. The molecule has 3 aromatic rings. The minimum atomic E-state index is 0.570. The highest BCUT2D eigenvalue weighted by molar-refractivity contribution is 7.18. The molecule has 98 valence electrons. The van der Waals surface area contributed by atoms with E-state index in [0.29, 0.717) is 10.2 Å². The third kappa shape index (κ3) is 1.99. The normalized spacial score (nSPS) is 11.3. The summed E-state index contributed by atoms with van der Waals surface area (Å²) >= 11 is 7.49. The molecule has 0 fully saturated rings. The smallest absolute Gasteiger partial charge is 0.180 e. The first-order valence-corrected chi connectivity index (χ1v) is 7.18. The zero-order valence-corrected chi connectivity index (χ0v) is 12.2. The number of nitrogen functional groups attached to an aromatic ring is 1. The highest BCUT2D eigenvalue weighted by atomic mass is 35.5. The average Bonchev–Trinajstić information content (AvgIpc) is 2.88. The van der Waals surface area contributed by atoms with Gasteiger partial charge in [0, 0.05) is 11.6 Å². The van der Waals surface area contributed by atoms with Crippen LogP contribution in [0.2, 0.25) is 5.02 Å². The number of hydrogen-bond acceptors (Lipinski definition) is 4. The van der Waals surface area contributed by atoms with E-state index in [2.05, 4.69) is 21.5 Å². The average molecular weight is 293 g/mol. The third-order valence-corrected chi connectivity index (χ3v) is 4.26. The molecule has 0 saturated heterocycles. The van der Waals surface area contributed by atoms with E-state index in [9.17, 15) is 0 Å². The molecule has 2 heterocycles. The lowest BCUT2D eigenvalue weighted by atomic mass is 10.3. The number of aryl methyl sites for hydroxylation is 2. The van der Waals surface area contributed by atoms with Gasteiger partial charge in [-0.3, -0.25) is 0 Å². The van der Waals surface area contributed by atoms with Gasteiger partial charge < -0.3 is 10.3 Å². The molecule has 3 rings (SSSR count). The number of hydrogen-bond donors (Lipinski definition) is 1. The van der Waals surface area contributed by atoms with Crippen LogP contribution in [0.1, 0.15) is 12.6 Å². The van der Waals surface area contributed by atoms with Gasteiger partial charge in [-0.25, -0.2) is 9.97 Å². The van der Waals surface area contributed by atoms with E-state index < -0.39 is 0 Å². The summed E-state index contributed by atoms with van der Waals surface area (Å²) in [4.78, 5) is 9.97. The maximum atomic E-state index is 6.03. The molecular formula is C13H13ClN4S. The summed E-state index contributed by atoms with van der Waals surface area (Å²) in [6.07, 6.45) is 0. The first-order chi connectivity index (χ1) is 9.10. The fourth-order valence-corrected chi connectivity index (χ4v) is 3.22. The summed E-state index contributed by atoms with van der Waals surface area (Å²) < 4.78 is 2.16. The fourth-order valence-electron chi connectivity index (χ4n) is 2.22. The van der Waals surface area contributed by atoms with Gasteiger partial charge in [0.05, 0.1) is 21.6 Å². The van der Waals surface area contributed by atoms with Crippen LogP contribution < -0.4 is 5.73 Å². The zero-order valence-electron chi connectivity index (χ0n) is 10.6. The van der Waals surface area contributed by atoms with E-state index in [1.165, 1.54) is 11.3 Å². The summed E-state index contributed by atoms with van der Waals surface area (Å²) in [5, 5.41) is 1.26. The number of aromatic nitrogens is 3. The number of nitrogens with zero attached hydrogens (tertiary/aromatic N) is 3. The molecule has 1 aromatic carbocycles. The largest absolute Gasteiger partial charge is 0.375 e. The summed E-state index contributed by atoms with van der Waals surface area (Å²) in [7, 11) is 0. The van der Waals surface area contributed by atoms with Crippen molar-refractivity contribution < 1.29 is 0 Å². The van der Waals surface area contributed by atoms with Crippen molar-refractivity contribution in [2.24, 2.45) is 0 Å². The predicted molar refractivity (Wildman–Crippen MR) is 80.7 cm³/mol. The van der Waals surface area contributed by atoms with E-state index in [1.54, 1.807) is 0 Å². The monoisotopic (exact) mass is 292 g/mol. The van der Waals surface area contributed by atoms with Crippen molar-refractivity contribution in [1.29, 1.82) is 0 Å². The number of benzene rings is 1. The Morgan fingerprint density at radius 3 is 2.79 bits per heavy atom. The van der Waals surface area contributed by atoms with Gasteiger partial charge >= 0.3 is 0 Å². The molecule has 0 aliphatic rings. The number of rotatable bonds is 2. The lowest BCUT2D eigenvalue weighted by molar-refractivity contribution is 0.797. The van der Waals surface area contributed by atoms with Crippen LogP contribution >= 0.6 is 22.9 Å². The van der Waals surface area contributed by atoms with Crippen LogP contribution in [0.4, 0.5) is 5.13 Å². The molecule has 2 aromatic heterocycles. The Labute approximate surface area is 119 Å². The molecule has 0 amide bonds.